The van der Waals surface area contributed by atoms with Crippen molar-refractivity contribution < 1.29 is 0 Å². The minimum absolute atomic E-state index is 0.401. The van der Waals surface area contributed by atoms with Crippen molar-refractivity contribution in [2.75, 3.05) is 0 Å². The lowest BCUT2D eigenvalue weighted by Gasteiger charge is -2.05. The molecule has 0 atom stereocenters. The van der Waals surface area contributed by atoms with Crippen molar-refractivity contribution in [2.45, 2.75) is 0 Å². The summed E-state index contributed by atoms with van der Waals surface area (Å²) in [4.78, 5) is 16.6. The van der Waals surface area contributed by atoms with Gasteiger partial charge in [-0.05, 0) is 23.4 Å². The second-order valence-electron chi connectivity index (χ2n) is 4.44. The molecule has 0 saturated heterocycles. The van der Waals surface area contributed by atoms with E-state index in [0.29, 0.717) is 22.2 Å². The van der Waals surface area contributed by atoms with E-state index in [1.807, 2.05) is 12.1 Å². The van der Waals surface area contributed by atoms with Crippen molar-refractivity contribution in [3.8, 4) is 22.8 Å². The molecule has 3 aromatic heterocycles. The maximum absolute atomic E-state index is 6.29. The van der Waals surface area contributed by atoms with Crippen LogP contribution in [0.5, 0.6) is 0 Å². The van der Waals surface area contributed by atoms with Gasteiger partial charge in [0, 0.05) is 17.1 Å². The zero-order valence-electron chi connectivity index (χ0n) is 11.0. The molecule has 9 heteroatoms. The third-order valence-corrected chi connectivity index (χ3v) is 3.42. The SMILES string of the molecule is Clc1cc(-c2cc(-c3nn[nH]n3)ncn2)cc2ncncc12. The molecule has 1 aromatic carbocycles. The lowest BCUT2D eigenvalue weighted by atomic mass is 10.1. The van der Waals surface area contributed by atoms with Gasteiger partial charge in [0.25, 0.3) is 0 Å². The van der Waals surface area contributed by atoms with E-state index in [-0.39, 0.29) is 0 Å². The van der Waals surface area contributed by atoms with Crippen LogP contribution in [0, 0.1) is 0 Å². The highest BCUT2D eigenvalue weighted by atomic mass is 35.5. The Labute approximate surface area is 128 Å². The lowest BCUT2D eigenvalue weighted by molar-refractivity contribution is 0.881. The second-order valence-corrected chi connectivity index (χ2v) is 4.84. The van der Waals surface area contributed by atoms with Gasteiger partial charge in [0.05, 0.1) is 16.2 Å². The van der Waals surface area contributed by atoms with Crippen molar-refractivity contribution in [2.24, 2.45) is 0 Å². The van der Waals surface area contributed by atoms with Crippen LogP contribution in [0.15, 0.2) is 37.1 Å². The van der Waals surface area contributed by atoms with Gasteiger partial charge in [-0.1, -0.05) is 11.6 Å². The molecule has 0 bridgehead atoms. The van der Waals surface area contributed by atoms with Gasteiger partial charge in [-0.15, -0.1) is 10.2 Å². The number of H-pyrrole nitrogens is 1. The number of aromatic nitrogens is 8. The number of fused-ring (bicyclic) bond motifs is 1. The summed E-state index contributed by atoms with van der Waals surface area (Å²) in [7, 11) is 0. The fourth-order valence-corrected chi connectivity index (χ4v) is 2.36. The molecule has 1 N–H and O–H groups in total. The predicted molar refractivity (Wildman–Crippen MR) is 78.7 cm³/mol. The van der Waals surface area contributed by atoms with Gasteiger partial charge in [-0.2, -0.15) is 5.21 Å². The number of hydrogen-bond acceptors (Lipinski definition) is 7. The van der Waals surface area contributed by atoms with E-state index in [2.05, 4.69) is 40.6 Å². The van der Waals surface area contributed by atoms with Crippen LogP contribution in [0.3, 0.4) is 0 Å². The Morgan fingerprint density at radius 3 is 2.73 bits per heavy atom. The summed E-state index contributed by atoms with van der Waals surface area (Å²) < 4.78 is 0. The van der Waals surface area contributed by atoms with E-state index < -0.39 is 0 Å². The third-order valence-electron chi connectivity index (χ3n) is 3.11. The van der Waals surface area contributed by atoms with Gasteiger partial charge in [0.2, 0.25) is 5.82 Å². The van der Waals surface area contributed by atoms with Gasteiger partial charge >= 0.3 is 0 Å². The van der Waals surface area contributed by atoms with Crippen LogP contribution >= 0.6 is 11.6 Å². The van der Waals surface area contributed by atoms with E-state index >= 15 is 0 Å². The van der Waals surface area contributed by atoms with Gasteiger partial charge in [0.15, 0.2) is 0 Å². The zero-order valence-corrected chi connectivity index (χ0v) is 11.7. The van der Waals surface area contributed by atoms with Gasteiger partial charge < -0.3 is 0 Å². The summed E-state index contributed by atoms with van der Waals surface area (Å²) in [5.41, 5.74) is 2.83. The molecule has 22 heavy (non-hydrogen) atoms. The Balaban J connectivity index is 1.87. The number of hydrogen-bond donors (Lipinski definition) is 1. The first-order valence-electron chi connectivity index (χ1n) is 6.27. The molecule has 0 spiro atoms. The predicted octanol–water partition coefficient (Wildman–Crippen LogP) is 1.92. The number of aromatic amines is 1. The number of nitrogens with zero attached hydrogens (tertiary/aromatic N) is 7. The molecule has 0 unspecified atom stereocenters. The van der Waals surface area contributed by atoms with Crippen molar-refractivity contribution in [3.05, 3.63) is 42.1 Å². The Morgan fingerprint density at radius 1 is 0.955 bits per heavy atom. The summed E-state index contributed by atoms with van der Waals surface area (Å²) in [6.45, 7) is 0. The molecule has 0 radical (unpaired) electrons. The fourth-order valence-electron chi connectivity index (χ4n) is 2.10. The maximum Gasteiger partial charge on any atom is 0.223 e. The first-order chi connectivity index (χ1) is 10.8. The Morgan fingerprint density at radius 2 is 1.86 bits per heavy atom. The lowest BCUT2D eigenvalue weighted by Crippen LogP contribution is -1.92. The van der Waals surface area contributed by atoms with Gasteiger partial charge in [-0.25, -0.2) is 19.9 Å². The Bertz CT molecular complexity index is 953. The largest absolute Gasteiger partial charge is 0.244 e. The number of tetrazole rings is 1. The van der Waals surface area contributed by atoms with Crippen LogP contribution in [0.4, 0.5) is 0 Å². The third kappa shape index (κ3) is 2.15. The van der Waals surface area contributed by atoms with Crippen LogP contribution in [-0.2, 0) is 0 Å². The molecule has 0 aliphatic rings. The maximum atomic E-state index is 6.29. The topological polar surface area (TPSA) is 106 Å². The monoisotopic (exact) mass is 310 g/mol. The first kappa shape index (κ1) is 12.7. The number of halogens is 1. The van der Waals surface area contributed by atoms with Gasteiger partial charge in [-0.3, -0.25) is 0 Å². The minimum atomic E-state index is 0.401. The standard InChI is InChI=1S/C13H7ClN8/c14-9-1-7(2-11-8(9)4-15-5-16-11)10-3-12(18-6-17-10)13-19-21-22-20-13/h1-6H,(H,19,20,21,22). The fraction of sp³-hybridized carbons (Fsp3) is 0. The normalized spacial score (nSPS) is 11.0. The van der Waals surface area contributed by atoms with Gasteiger partial charge in [0.1, 0.15) is 18.3 Å². The molecule has 0 saturated carbocycles. The smallest absolute Gasteiger partial charge is 0.223 e. The van der Waals surface area contributed by atoms with Crippen LogP contribution in [-0.4, -0.2) is 40.6 Å². The molecule has 3 heterocycles. The van der Waals surface area contributed by atoms with Crippen molar-refractivity contribution in [3.63, 3.8) is 0 Å². The Kier molecular flexibility index (Phi) is 2.94. The molecule has 0 fully saturated rings. The minimum Gasteiger partial charge on any atom is -0.244 e. The molecule has 4 rings (SSSR count). The van der Waals surface area contributed by atoms with E-state index in [0.717, 1.165) is 16.5 Å². The molecule has 106 valence electrons. The molecule has 8 nitrogen and oxygen atoms in total. The highest BCUT2D eigenvalue weighted by Crippen LogP contribution is 2.29. The zero-order chi connectivity index (χ0) is 14.9. The highest BCUT2D eigenvalue weighted by Gasteiger charge is 2.10. The van der Waals surface area contributed by atoms with Crippen molar-refractivity contribution in [1.82, 2.24) is 40.6 Å². The number of benzene rings is 1. The summed E-state index contributed by atoms with van der Waals surface area (Å²) >= 11 is 6.29. The summed E-state index contributed by atoms with van der Waals surface area (Å²) in [6.07, 6.45) is 4.60. The molecule has 0 amide bonds. The van der Waals surface area contributed by atoms with E-state index in [1.54, 1.807) is 12.3 Å². The molecular formula is C13H7ClN8. The summed E-state index contributed by atoms with van der Waals surface area (Å²) in [5.74, 6) is 0.401. The number of rotatable bonds is 2. The summed E-state index contributed by atoms with van der Waals surface area (Å²) in [5, 5.41) is 15.1. The van der Waals surface area contributed by atoms with E-state index in [9.17, 15) is 0 Å². The van der Waals surface area contributed by atoms with E-state index in [4.69, 9.17) is 11.6 Å². The highest BCUT2D eigenvalue weighted by molar-refractivity contribution is 6.35. The average molecular weight is 311 g/mol. The second kappa shape index (κ2) is 5.08. The molecular weight excluding hydrogens is 304 g/mol. The first-order valence-corrected chi connectivity index (χ1v) is 6.64. The quantitative estimate of drug-likeness (QED) is 0.602. The summed E-state index contributed by atoms with van der Waals surface area (Å²) in [6, 6.07) is 5.48. The van der Waals surface area contributed by atoms with Crippen LogP contribution in [0.25, 0.3) is 33.7 Å². The van der Waals surface area contributed by atoms with Crippen molar-refractivity contribution >= 4 is 22.5 Å². The van der Waals surface area contributed by atoms with Crippen LogP contribution in [0.2, 0.25) is 5.02 Å². The van der Waals surface area contributed by atoms with Crippen LogP contribution in [0.1, 0.15) is 0 Å². The van der Waals surface area contributed by atoms with Crippen molar-refractivity contribution in [1.29, 1.82) is 0 Å². The molecule has 0 aliphatic carbocycles. The van der Waals surface area contributed by atoms with E-state index in [1.165, 1.54) is 12.7 Å². The number of nitrogens with one attached hydrogen (secondary N) is 1. The molecule has 4 aromatic rings. The molecule has 0 aliphatic heterocycles. The van der Waals surface area contributed by atoms with Crippen LogP contribution < -0.4 is 0 Å². The Hall–Kier alpha value is -3.00. The average Bonchev–Trinajstić information content (AvgIpc) is 3.09.